The van der Waals surface area contributed by atoms with E-state index in [1.165, 1.54) is 12.1 Å². The summed E-state index contributed by atoms with van der Waals surface area (Å²) in [6.45, 7) is 3.88. The third kappa shape index (κ3) is 3.77. The number of benzene rings is 2. The second kappa shape index (κ2) is 8.33. The van der Waals surface area contributed by atoms with Crippen LogP contribution in [0.1, 0.15) is 31.1 Å². The molecule has 0 radical (unpaired) electrons. The number of halogens is 2. The Labute approximate surface area is 168 Å². The van der Waals surface area contributed by atoms with E-state index in [1.54, 1.807) is 37.4 Å². The lowest BCUT2D eigenvalue weighted by Crippen LogP contribution is -2.25. The van der Waals surface area contributed by atoms with Crippen molar-refractivity contribution in [3.63, 3.8) is 0 Å². The third-order valence-electron chi connectivity index (χ3n) is 5.03. The van der Waals surface area contributed by atoms with Gasteiger partial charge in [-0.2, -0.15) is 0 Å². The van der Waals surface area contributed by atoms with Crippen LogP contribution < -0.4 is 10.2 Å². The van der Waals surface area contributed by atoms with Gasteiger partial charge in [-0.3, -0.25) is 4.79 Å². The van der Waals surface area contributed by atoms with Gasteiger partial charge in [0.05, 0.1) is 30.3 Å². The minimum Gasteiger partial charge on any atom is -0.497 e. The second-order valence-electron chi connectivity index (χ2n) is 7.14. The van der Waals surface area contributed by atoms with Crippen molar-refractivity contribution >= 4 is 22.5 Å². The average molecular weight is 404 g/mol. The highest BCUT2D eigenvalue weighted by atomic mass is 35.5. The van der Waals surface area contributed by atoms with E-state index in [4.69, 9.17) is 16.3 Å². The molecule has 4 nitrogen and oxygen atoms in total. The van der Waals surface area contributed by atoms with E-state index in [9.17, 15) is 14.3 Å². The van der Waals surface area contributed by atoms with Crippen LogP contribution in [0.5, 0.6) is 5.75 Å². The summed E-state index contributed by atoms with van der Waals surface area (Å²) in [5, 5.41) is 10.6. The van der Waals surface area contributed by atoms with E-state index >= 15 is 0 Å². The summed E-state index contributed by atoms with van der Waals surface area (Å²) < 4.78 is 21.8. The van der Waals surface area contributed by atoms with Crippen LogP contribution in [0.3, 0.4) is 0 Å². The van der Waals surface area contributed by atoms with E-state index in [0.717, 1.165) is 0 Å². The third-order valence-corrected chi connectivity index (χ3v) is 5.32. The van der Waals surface area contributed by atoms with Gasteiger partial charge in [0.15, 0.2) is 5.43 Å². The van der Waals surface area contributed by atoms with Gasteiger partial charge in [0, 0.05) is 29.6 Å². The topological polar surface area (TPSA) is 51.5 Å². The highest BCUT2D eigenvalue weighted by molar-refractivity contribution is 6.30. The summed E-state index contributed by atoms with van der Waals surface area (Å²) in [6.07, 6.45) is 0.179. The van der Waals surface area contributed by atoms with E-state index < -0.39 is 5.82 Å². The molecule has 28 heavy (non-hydrogen) atoms. The Morgan fingerprint density at radius 1 is 1.21 bits per heavy atom. The van der Waals surface area contributed by atoms with Crippen molar-refractivity contribution in [1.29, 1.82) is 0 Å². The number of aromatic nitrogens is 1. The average Bonchev–Trinajstić information content (AvgIpc) is 2.67. The molecule has 0 fully saturated rings. The molecule has 0 saturated heterocycles. The number of aliphatic hydroxyl groups excluding tert-OH is 1. The molecular formula is C22H23ClFNO3. The van der Waals surface area contributed by atoms with Crippen LogP contribution in [-0.4, -0.2) is 23.4 Å². The Balaban J connectivity index is 2.31. The molecule has 3 aromatic rings. The summed E-state index contributed by atoms with van der Waals surface area (Å²) >= 11 is 5.93. The Hall–Kier alpha value is -2.37. The summed E-state index contributed by atoms with van der Waals surface area (Å²) in [5.74, 6) is 0.191. The van der Waals surface area contributed by atoms with Crippen LogP contribution in [0.15, 0.2) is 47.3 Å². The Bertz CT molecular complexity index is 1060. The van der Waals surface area contributed by atoms with E-state index in [0.29, 0.717) is 27.9 Å². The molecule has 1 heterocycles. The molecule has 0 aliphatic heterocycles. The number of pyridine rings is 1. The van der Waals surface area contributed by atoms with Crippen molar-refractivity contribution < 1.29 is 14.2 Å². The van der Waals surface area contributed by atoms with Crippen LogP contribution in [-0.2, 0) is 6.42 Å². The van der Waals surface area contributed by atoms with Crippen LogP contribution in [0.4, 0.5) is 4.39 Å². The molecule has 3 rings (SSSR count). The van der Waals surface area contributed by atoms with Crippen LogP contribution >= 0.6 is 11.6 Å². The van der Waals surface area contributed by atoms with Gasteiger partial charge in [-0.25, -0.2) is 4.39 Å². The first kappa shape index (κ1) is 20.4. The number of ether oxygens (including phenoxy) is 1. The molecule has 6 heteroatoms. The Morgan fingerprint density at radius 3 is 2.61 bits per heavy atom. The van der Waals surface area contributed by atoms with E-state index in [-0.39, 0.29) is 35.4 Å². The molecule has 148 valence electrons. The molecule has 0 spiro atoms. The van der Waals surface area contributed by atoms with Gasteiger partial charge in [0.1, 0.15) is 11.6 Å². The normalized spacial score (nSPS) is 12.5. The second-order valence-corrected chi connectivity index (χ2v) is 7.54. The number of hydrogen-bond acceptors (Lipinski definition) is 3. The zero-order valence-corrected chi connectivity index (χ0v) is 16.8. The van der Waals surface area contributed by atoms with Gasteiger partial charge >= 0.3 is 0 Å². The Morgan fingerprint density at radius 2 is 1.96 bits per heavy atom. The molecule has 1 aromatic heterocycles. The van der Waals surface area contributed by atoms with Gasteiger partial charge in [-0.05, 0) is 29.7 Å². The first-order valence-electron chi connectivity index (χ1n) is 9.13. The van der Waals surface area contributed by atoms with Gasteiger partial charge < -0.3 is 14.4 Å². The summed E-state index contributed by atoms with van der Waals surface area (Å²) in [5.41, 5.74) is 1.49. The molecule has 0 amide bonds. The van der Waals surface area contributed by atoms with Crippen molar-refractivity contribution in [2.24, 2.45) is 5.92 Å². The molecule has 1 atom stereocenters. The van der Waals surface area contributed by atoms with Crippen molar-refractivity contribution in [2.75, 3.05) is 13.7 Å². The Kier molecular flexibility index (Phi) is 6.06. The molecule has 0 aliphatic carbocycles. The molecule has 0 bridgehead atoms. The maximum absolute atomic E-state index is 14.5. The van der Waals surface area contributed by atoms with Gasteiger partial charge in [-0.1, -0.05) is 37.6 Å². The largest absolute Gasteiger partial charge is 0.497 e. The number of methoxy groups -OCH3 is 1. The van der Waals surface area contributed by atoms with Crippen LogP contribution in [0.25, 0.3) is 10.9 Å². The summed E-state index contributed by atoms with van der Waals surface area (Å²) in [6, 6.07) is 11.3. The van der Waals surface area contributed by atoms with Gasteiger partial charge in [0.25, 0.3) is 0 Å². The van der Waals surface area contributed by atoms with Crippen molar-refractivity contribution in [3.8, 4) is 5.75 Å². The quantitative estimate of drug-likeness (QED) is 0.655. The summed E-state index contributed by atoms with van der Waals surface area (Å²) in [4.78, 5) is 12.7. The first-order chi connectivity index (χ1) is 13.4. The molecule has 0 saturated carbocycles. The zero-order chi connectivity index (χ0) is 20.4. The monoisotopic (exact) mass is 403 g/mol. The lowest BCUT2D eigenvalue weighted by Gasteiger charge is -2.28. The zero-order valence-electron chi connectivity index (χ0n) is 16.1. The van der Waals surface area contributed by atoms with Gasteiger partial charge in [-0.15, -0.1) is 0 Å². The van der Waals surface area contributed by atoms with E-state index in [2.05, 4.69) is 0 Å². The fraction of sp³-hybridized carbons (Fsp3) is 0.318. The number of fused-ring (bicyclic) bond motifs is 1. The maximum atomic E-state index is 14.5. The minimum absolute atomic E-state index is 0.0384. The fourth-order valence-electron chi connectivity index (χ4n) is 3.50. The summed E-state index contributed by atoms with van der Waals surface area (Å²) in [7, 11) is 1.56. The predicted octanol–water partition coefficient (Wildman–Crippen LogP) is 4.58. The maximum Gasteiger partial charge on any atom is 0.189 e. The fourth-order valence-corrected chi connectivity index (χ4v) is 3.69. The van der Waals surface area contributed by atoms with Crippen molar-refractivity contribution in [2.45, 2.75) is 26.3 Å². The minimum atomic E-state index is -0.501. The predicted molar refractivity (Wildman–Crippen MR) is 110 cm³/mol. The number of aliphatic hydroxyl groups is 1. The molecule has 0 unspecified atom stereocenters. The highest BCUT2D eigenvalue weighted by Gasteiger charge is 2.21. The molecular weight excluding hydrogens is 381 g/mol. The molecule has 0 aliphatic rings. The number of hydrogen-bond donors (Lipinski definition) is 1. The van der Waals surface area contributed by atoms with E-state index in [1.807, 2.05) is 18.4 Å². The first-order valence-corrected chi connectivity index (χ1v) is 9.51. The lowest BCUT2D eigenvalue weighted by molar-refractivity contribution is 0.193. The highest BCUT2D eigenvalue weighted by Crippen LogP contribution is 2.29. The molecule has 2 aromatic carbocycles. The van der Waals surface area contributed by atoms with Crippen molar-refractivity contribution in [3.05, 3.63) is 74.8 Å². The number of nitrogens with zero attached hydrogens (tertiary/aromatic N) is 1. The van der Waals surface area contributed by atoms with Crippen LogP contribution in [0, 0.1) is 11.7 Å². The van der Waals surface area contributed by atoms with Crippen LogP contribution in [0.2, 0.25) is 5.02 Å². The smallest absolute Gasteiger partial charge is 0.189 e. The van der Waals surface area contributed by atoms with Crippen molar-refractivity contribution in [1.82, 2.24) is 4.57 Å². The molecule has 1 N–H and O–H groups in total. The van der Waals surface area contributed by atoms with Gasteiger partial charge in [0.2, 0.25) is 0 Å². The number of rotatable bonds is 6. The lowest BCUT2D eigenvalue weighted by atomic mass is 10.00. The SMILES string of the molecule is COc1ccc2c(=O)cc(Cc3cccc(Cl)c3F)n([C@H](CO)C(C)C)c2c1. The standard InChI is InChI=1S/C22H23ClFNO3/c1-13(2)20(12-26)25-15(9-14-5-4-6-18(23)22(14)24)10-21(27)17-8-7-16(28-3)11-19(17)25/h4-8,10-11,13,20,26H,9,12H2,1-3H3/t20-/m1/s1.